The lowest BCUT2D eigenvalue weighted by Gasteiger charge is -2.09. The van der Waals surface area contributed by atoms with E-state index in [9.17, 15) is 13.5 Å². The quantitative estimate of drug-likeness (QED) is 0.925. The Balaban J connectivity index is 2.45. The van der Waals surface area contributed by atoms with Gasteiger partial charge in [-0.2, -0.15) is 5.10 Å². The molecule has 0 aliphatic rings. The highest BCUT2D eigenvalue weighted by Crippen LogP contribution is 2.25. The van der Waals surface area contributed by atoms with E-state index in [0.717, 1.165) is 16.3 Å². The van der Waals surface area contributed by atoms with Gasteiger partial charge in [-0.3, -0.25) is 0 Å². The van der Waals surface area contributed by atoms with E-state index in [1.807, 2.05) is 0 Å². The molecule has 1 heterocycles. The average Bonchev–Trinajstić information content (AvgIpc) is 2.77. The molecular weight excluding hydrogens is 332 g/mol. The normalized spacial score (nSPS) is 13.5. The maximum atomic E-state index is 11.4. The Morgan fingerprint density at radius 1 is 1.42 bits per heavy atom. The molecule has 2 rings (SSSR count). The first-order valence-electron chi connectivity index (χ1n) is 5.51. The van der Waals surface area contributed by atoms with Crippen molar-refractivity contribution in [1.82, 2.24) is 9.78 Å². The Morgan fingerprint density at radius 3 is 2.58 bits per heavy atom. The van der Waals surface area contributed by atoms with Crippen LogP contribution in [0.3, 0.4) is 0 Å². The highest BCUT2D eigenvalue weighted by atomic mass is 79.9. The summed E-state index contributed by atoms with van der Waals surface area (Å²) >= 11 is 3.39. The summed E-state index contributed by atoms with van der Waals surface area (Å²) in [5.41, 5.74) is 1.48. The molecule has 1 N–H and O–H groups in total. The molecule has 102 valence electrons. The van der Waals surface area contributed by atoms with Crippen molar-refractivity contribution < 1.29 is 13.5 Å². The zero-order valence-corrected chi connectivity index (χ0v) is 12.8. The summed E-state index contributed by atoms with van der Waals surface area (Å²) in [5.74, 6) is 0. The average molecular weight is 345 g/mol. The van der Waals surface area contributed by atoms with Crippen molar-refractivity contribution in [2.75, 3.05) is 6.26 Å². The van der Waals surface area contributed by atoms with Crippen LogP contribution >= 0.6 is 15.9 Å². The molecule has 19 heavy (non-hydrogen) atoms. The molecule has 0 fully saturated rings. The zero-order valence-electron chi connectivity index (χ0n) is 10.4. The fraction of sp³-hybridized carbons (Fsp3) is 0.250. The summed E-state index contributed by atoms with van der Waals surface area (Å²) in [6.45, 7) is 1.68. The van der Waals surface area contributed by atoms with Crippen molar-refractivity contribution in [2.24, 2.45) is 0 Å². The minimum absolute atomic E-state index is 0.166. The molecule has 2 aromatic rings. The maximum absolute atomic E-state index is 11.4. The highest BCUT2D eigenvalue weighted by molar-refractivity contribution is 9.10. The number of aliphatic hydroxyl groups excluding tert-OH is 1. The number of sulfone groups is 1. The van der Waals surface area contributed by atoms with Crippen LogP contribution in [0.2, 0.25) is 0 Å². The number of benzene rings is 1. The van der Waals surface area contributed by atoms with E-state index in [1.54, 1.807) is 25.1 Å². The van der Waals surface area contributed by atoms with Gasteiger partial charge in [0.25, 0.3) is 0 Å². The number of rotatable bonds is 3. The second-order valence-electron chi connectivity index (χ2n) is 4.28. The van der Waals surface area contributed by atoms with Crippen molar-refractivity contribution in [1.29, 1.82) is 0 Å². The van der Waals surface area contributed by atoms with Crippen LogP contribution in [0.1, 0.15) is 18.6 Å². The van der Waals surface area contributed by atoms with E-state index in [1.165, 1.54) is 17.1 Å². The number of hydrogen-bond acceptors (Lipinski definition) is 4. The summed E-state index contributed by atoms with van der Waals surface area (Å²) in [5, 5.41) is 13.5. The van der Waals surface area contributed by atoms with E-state index in [2.05, 4.69) is 21.0 Å². The minimum Gasteiger partial charge on any atom is -0.389 e. The van der Waals surface area contributed by atoms with Crippen LogP contribution in [0.15, 0.2) is 40.0 Å². The van der Waals surface area contributed by atoms with Gasteiger partial charge in [0.2, 0.25) is 0 Å². The lowest BCUT2D eigenvalue weighted by molar-refractivity contribution is 0.199. The molecule has 0 saturated carbocycles. The first-order chi connectivity index (χ1) is 8.79. The summed E-state index contributed by atoms with van der Waals surface area (Å²) in [6, 6.07) is 5.32. The summed E-state index contributed by atoms with van der Waals surface area (Å²) in [7, 11) is -3.26. The number of halogens is 1. The van der Waals surface area contributed by atoms with Gasteiger partial charge in [-0.25, -0.2) is 13.1 Å². The second-order valence-corrected chi connectivity index (χ2v) is 7.15. The Bertz CT molecular complexity index is 708. The summed E-state index contributed by atoms with van der Waals surface area (Å²) in [4.78, 5) is 0.166. The molecule has 5 nitrogen and oxygen atoms in total. The van der Waals surface area contributed by atoms with E-state index < -0.39 is 15.9 Å². The third-order valence-electron chi connectivity index (χ3n) is 2.69. The predicted molar refractivity (Wildman–Crippen MR) is 75.0 cm³/mol. The van der Waals surface area contributed by atoms with E-state index in [4.69, 9.17) is 0 Å². The van der Waals surface area contributed by atoms with Gasteiger partial charge < -0.3 is 5.11 Å². The Morgan fingerprint density at radius 2 is 2.11 bits per heavy atom. The van der Waals surface area contributed by atoms with Crippen molar-refractivity contribution in [3.63, 3.8) is 0 Å². The van der Waals surface area contributed by atoms with Crippen LogP contribution in [0.5, 0.6) is 0 Å². The SMILES string of the molecule is C[C@H](O)c1ccc(-n2cc(S(C)(=O)=O)cn2)c(Br)c1. The van der Waals surface area contributed by atoms with E-state index >= 15 is 0 Å². The van der Waals surface area contributed by atoms with E-state index in [0.29, 0.717) is 5.69 Å². The maximum Gasteiger partial charge on any atom is 0.178 e. The number of aliphatic hydroxyl groups is 1. The molecule has 0 bridgehead atoms. The highest BCUT2D eigenvalue weighted by Gasteiger charge is 2.13. The van der Waals surface area contributed by atoms with Crippen LogP contribution in [0.25, 0.3) is 5.69 Å². The molecule has 0 spiro atoms. The van der Waals surface area contributed by atoms with Gasteiger partial charge >= 0.3 is 0 Å². The number of hydrogen-bond donors (Lipinski definition) is 1. The molecular formula is C12H13BrN2O3S. The molecule has 0 radical (unpaired) electrons. The van der Waals surface area contributed by atoms with Gasteiger partial charge in [0.1, 0.15) is 4.90 Å². The molecule has 0 aliphatic heterocycles. The van der Waals surface area contributed by atoms with Crippen LogP contribution in [0, 0.1) is 0 Å². The Hall–Kier alpha value is -1.18. The van der Waals surface area contributed by atoms with Gasteiger partial charge in [-0.05, 0) is 40.5 Å². The van der Waals surface area contributed by atoms with Crippen LogP contribution in [-0.4, -0.2) is 29.6 Å². The molecule has 1 atom stereocenters. The van der Waals surface area contributed by atoms with Crippen LogP contribution in [0.4, 0.5) is 0 Å². The van der Waals surface area contributed by atoms with E-state index in [-0.39, 0.29) is 4.90 Å². The Kier molecular flexibility index (Phi) is 3.80. The smallest absolute Gasteiger partial charge is 0.178 e. The third kappa shape index (κ3) is 3.05. The molecule has 0 unspecified atom stereocenters. The van der Waals surface area contributed by atoms with Gasteiger partial charge in [0.05, 0.1) is 18.0 Å². The molecule has 0 aliphatic carbocycles. The third-order valence-corrected chi connectivity index (χ3v) is 4.39. The number of aromatic nitrogens is 2. The fourth-order valence-corrected chi connectivity index (χ4v) is 2.71. The van der Waals surface area contributed by atoms with Crippen molar-refractivity contribution >= 4 is 25.8 Å². The largest absolute Gasteiger partial charge is 0.389 e. The van der Waals surface area contributed by atoms with Crippen molar-refractivity contribution in [3.8, 4) is 5.69 Å². The molecule has 1 aromatic carbocycles. The first kappa shape index (κ1) is 14.2. The lowest BCUT2D eigenvalue weighted by atomic mass is 10.1. The summed E-state index contributed by atoms with van der Waals surface area (Å²) < 4.78 is 25.0. The minimum atomic E-state index is -3.26. The summed E-state index contributed by atoms with van der Waals surface area (Å²) in [6.07, 6.45) is 3.34. The van der Waals surface area contributed by atoms with Crippen molar-refractivity contribution in [2.45, 2.75) is 17.9 Å². The zero-order chi connectivity index (χ0) is 14.2. The standard InChI is InChI=1S/C12H13BrN2O3S/c1-8(16)9-3-4-12(11(13)5-9)15-7-10(6-14-15)19(2,17)18/h3-8,16H,1-2H3/t8-/m0/s1. The topological polar surface area (TPSA) is 72.2 Å². The molecule has 7 heteroatoms. The first-order valence-corrected chi connectivity index (χ1v) is 8.20. The molecule has 0 amide bonds. The lowest BCUT2D eigenvalue weighted by Crippen LogP contribution is -1.99. The van der Waals surface area contributed by atoms with Gasteiger partial charge in [0.15, 0.2) is 9.84 Å². The van der Waals surface area contributed by atoms with Gasteiger partial charge in [-0.15, -0.1) is 0 Å². The second kappa shape index (κ2) is 5.07. The van der Waals surface area contributed by atoms with Crippen LogP contribution in [-0.2, 0) is 9.84 Å². The molecule has 1 aromatic heterocycles. The monoisotopic (exact) mass is 344 g/mol. The molecule has 0 saturated heterocycles. The predicted octanol–water partition coefficient (Wildman–Crippen LogP) is 2.09. The van der Waals surface area contributed by atoms with Gasteiger partial charge in [-0.1, -0.05) is 6.07 Å². The number of nitrogens with zero attached hydrogens (tertiary/aromatic N) is 2. The van der Waals surface area contributed by atoms with Crippen LogP contribution < -0.4 is 0 Å². The fourth-order valence-electron chi connectivity index (χ4n) is 1.60. The van der Waals surface area contributed by atoms with Crippen molar-refractivity contribution in [3.05, 3.63) is 40.6 Å². The van der Waals surface area contributed by atoms with Gasteiger partial charge in [0, 0.05) is 16.9 Å². The Labute approximate surface area is 119 Å².